The third-order valence-electron chi connectivity index (χ3n) is 15.2. The van der Waals surface area contributed by atoms with Crippen LogP contribution in [-0.2, 0) is 0 Å². The molecule has 348 valence electrons. The first-order valence-corrected chi connectivity index (χ1v) is 27.2. The molecule has 15 rings (SSSR count). The molecule has 0 saturated heterocycles. The smallest absolute Gasteiger partial charge is 0.0601 e. The molecule has 74 heavy (non-hydrogen) atoms. The molecule has 0 radical (unpaired) electrons. The second kappa shape index (κ2) is 17.6. The molecule has 4 heteroatoms. The lowest BCUT2D eigenvalue weighted by Crippen LogP contribution is -2.21. The van der Waals surface area contributed by atoms with Crippen LogP contribution in [0.3, 0.4) is 0 Å². The van der Waals surface area contributed by atoms with Gasteiger partial charge in [0.15, 0.2) is 0 Å². The van der Waals surface area contributed by atoms with Crippen molar-refractivity contribution in [2.75, 3.05) is 9.80 Å². The van der Waals surface area contributed by atoms with Crippen molar-refractivity contribution >= 4 is 95.1 Å². The Morgan fingerprint density at radius 3 is 1.31 bits per heavy atom. The van der Waals surface area contributed by atoms with Crippen LogP contribution in [0.1, 0.15) is 12.8 Å². The Kier molecular flexibility index (Phi) is 10.2. The van der Waals surface area contributed by atoms with Gasteiger partial charge >= 0.3 is 0 Å². The van der Waals surface area contributed by atoms with Gasteiger partial charge in [-0.3, -0.25) is 0 Å². The number of anilines is 5. The summed E-state index contributed by atoms with van der Waals surface area (Å²) < 4.78 is 0. The van der Waals surface area contributed by atoms with E-state index in [1.165, 1.54) is 130 Å². The molecule has 2 nitrogen and oxygen atoms in total. The van der Waals surface area contributed by atoms with E-state index >= 15 is 0 Å². The van der Waals surface area contributed by atoms with Gasteiger partial charge in [0.25, 0.3) is 0 Å². The summed E-state index contributed by atoms with van der Waals surface area (Å²) in [5.74, 6) is 0. The predicted octanol–water partition coefficient (Wildman–Crippen LogP) is 20.7. The van der Waals surface area contributed by atoms with E-state index in [1.54, 1.807) is 0 Å². The minimum Gasteiger partial charge on any atom is -0.309 e. The van der Waals surface area contributed by atoms with Crippen LogP contribution < -0.4 is 9.80 Å². The van der Waals surface area contributed by atoms with Gasteiger partial charge in [0.1, 0.15) is 0 Å². The topological polar surface area (TPSA) is 6.48 Å². The van der Waals surface area contributed by atoms with Gasteiger partial charge in [0.2, 0.25) is 0 Å². The summed E-state index contributed by atoms with van der Waals surface area (Å²) in [4.78, 5) is 10.2. The van der Waals surface area contributed by atoms with Crippen molar-refractivity contribution in [2.24, 2.45) is 0 Å². The Morgan fingerprint density at radius 2 is 0.757 bits per heavy atom. The lowest BCUT2D eigenvalue weighted by molar-refractivity contribution is 0.969. The van der Waals surface area contributed by atoms with Crippen LogP contribution in [0.5, 0.6) is 0 Å². The van der Waals surface area contributed by atoms with E-state index in [1.807, 2.05) is 23.5 Å². The summed E-state index contributed by atoms with van der Waals surface area (Å²) in [7, 11) is 0. The first kappa shape index (κ1) is 43.1. The fourth-order valence-electron chi connectivity index (χ4n) is 11.7. The van der Waals surface area contributed by atoms with Crippen molar-refractivity contribution in [1.29, 1.82) is 0 Å². The number of fused-ring (bicyclic) bond motifs is 7. The zero-order valence-corrected chi connectivity index (χ0v) is 42.0. The molecule has 0 aromatic heterocycles. The zero-order valence-electron chi connectivity index (χ0n) is 40.4. The molecule has 12 aromatic rings. The maximum absolute atomic E-state index is 2.52. The van der Waals surface area contributed by atoms with Crippen molar-refractivity contribution in [3.8, 4) is 44.5 Å². The summed E-state index contributed by atoms with van der Waals surface area (Å²) >= 11 is 3.78. The molecule has 0 fully saturated rings. The van der Waals surface area contributed by atoms with Crippen molar-refractivity contribution < 1.29 is 0 Å². The number of nitrogens with zero attached hydrogens (tertiary/aromatic N) is 2. The fourth-order valence-corrected chi connectivity index (χ4v) is 14.0. The molecule has 0 spiro atoms. The van der Waals surface area contributed by atoms with Crippen LogP contribution in [0.2, 0.25) is 0 Å². The monoisotopic (exact) mass is 978 g/mol. The van der Waals surface area contributed by atoms with Crippen LogP contribution in [0.4, 0.5) is 28.4 Å². The summed E-state index contributed by atoms with van der Waals surface area (Å²) in [6.07, 6.45) is 6.78. The highest BCUT2D eigenvalue weighted by Crippen LogP contribution is 2.55. The van der Waals surface area contributed by atoms with Crippen LogP contribution >= 0.6 is 23.5 Å². The van der Waals surface area contributed by atoms with Gasteiger partial charge in [0.05, 0.1) is 22.8 Å². The highest BCUT2D eigenvalue weighted by Gasteiger charge is 2.29. The molecule has 3 aliphatic rings. The van der Waals surface area contributed by atoms with Crippen molar-refractivity contribution in [2.45, 2.75) is 27.5 Å². The number of rotatable bonds is 6. The third kappa shape index (κ3) is 7.20. The van der Waals surface area contributed by atoms with Crippen molar-refractivity contribution in [3.05, 3.63) is 265 Å². The highest BCUT2D eigenvalue weighted by molar-refractivity contribution is 8.03. The van der Waals surface area contributed by atoms with Gasteiger partial charge in [-0.25, -0.2) is 0 Å². The lowest BCUT2D eigenvalue weighted by Gasteiger charge is -2.35. The average molecular weight is 979 g/mol. The highest BCUT2D eigenvalue weighted by atomic mass is 32.2. The maximum atomic E-state index is 2.52. The zero-order chi connectivity index (χ0) is 48.7. The van der Waals surface area contributed by atoms with E-state index < -0.39 is 0 Å². The Balaban J connectivity index is 1.03. The largest absolute Gasteiger partial charge is 0.309 e. The number of para-hydroxylation sites is 3. The standard InChI is InChI=1S/C70H46N2S2/c1-3-17-47-39-51(33-31-45(47)15-1)49-19-13-21-53(41-49)69-57-37-35-56(72-63-25-7-11-29-67(63)74-68-30-12-8-26-64(68)72)44-60(57)70(54-22-14-20-50(42-54)52-34-32-46-16-2-4-18-48(46)40-52)58-38-36-55(43-59(58)69)71-61-23-5-9-27-65(61)73-66-28-10-6-24-62(66)71/h1-11,13-29,31-44H,12,30H2. The SMILES string of the molecule is C1=CC2=C(CC1)Sc1ccccc1N2c1ccc2c(-c3cccc(-c4ccc5ccccc5c4)c3)c3cc(N4c5ccccc5Sc5ccccc54)ccc3c(-c3cccc(-c4ccc5ccccc5c4)c3)c2c1. The molecular weight excluding hydrogens is 933 g/mol. The number of allylic oxidation sites excluding steroid dienone is 3. The Labute approximate surface area is 439 Å². The van der Waals surface area contributed by atoms with E-state index in [4.69, 9.17) is 0 Å². The first-order valence-electron chi connectivity index (χ1n) is 25.5. The van der Waals surface area contributed by atoms with Gasteiger partial charge in [-0.1, -0.05) is 187 Å². The van der Waals surface area contributed by atoms with E-state index in [-0.39, 0.29) is 0 Å². The van der Waals surface area contributed by atoms with Crippen LogP contribution in [0.25, 0.3) is 87.6 Å². The molecule has 0 saturated carbocycles. The second-order valence-corrected chi connectivity index (χ2v) is 21.7. The van der Waals surface area contributed by atoms with Crippen LogP contribution in [0, 0.1) is 0 Å². The Morgan fingerprint density at radius 1 is 0.311 bits per heavy atom. The first-order chi connectivity index (χ1) is 36.7. The quantitative estimate of drug-likeness (QED) is 0.153. The van der Waals surface area contributed by atoms with Gasteiger partial charge in [0, 0.05) is 31.0 Å². The third-order valence-corrected chi connectivity index (χ3v) is 17.5. The van der Waals surface area contributed by atoms with Crippen LogP contribution in [-0.4, -0.2) is 0 Å². The van der Waals surface area contributed by atoms with Crippen molar-refractivity contribution in [1.82, 2.24) is 0 Å². The van der Waals surface area contributed by atoms with Crippen molar-refractivity contribution in [3.63, 3.8) is 0 Å². The van der Waals surface area contributed by atoms with Gasteiger partial charge < -0.3 is 9.80 Å². The normalized spacial score (nSPS) is 13.8. The van der Waals surface area contributed by atoms with E-state index in [2.05, 4.69) is 265 Å². The number of hydrogen-bond donors (Lipinski definition) is 0. The Hall–Kier alpha value is -8.54. The molecule has 2 aliphatic heterocycles. The number of hydrogen-bond acceptors (Lipinski definition) is 4. The summed E-state index contributed by atoms with van der Waals surface area (Å²) in [5.41, 5.74) is 16.8. The molecule has 1 aliphatic carbocycles. The summed E-state index contributed by atoms with van der Waals surface area (Å²) in [5, 5.41) is 9.81. The number of benzene rings is 12. The molecule has 12 aromatic carbocycles. The van der Waals surface area contributed by atoms with E-state index in [0.29, 0.717) is 0 Å². The summed E-state index contributed by atoms with van der Waals surface area (Å²) in [6, 6.07) is 90.7. The van der Waals surface area contributed by atoms with Crippen LogP contribution in [0.15, 0.2) is 280 Å². The minimum absolute atomic E-state index is 1.04. The molecule has 0 atom stereocenters. The molecular formula is C70H46N2S2. The summed E-state index contributed by atoms with van der Waals surface area (Å²) in [6.45, 7) is 0. The second-order valence-electron chi connectivity index (χ2n) is 19.5. The molecule has 0 unspecified atom stereocenters. The molecule has 0 bridgehead atoms. The van der Waals surface area contributed by atoms with E-state index in [0.717, 1.165) is 24.2 Å². The fraction of sp³-hybridized carbons (Fsp3) is 0.0286. The maximum Gasteiger partial charge on any atom is 0.0601 e. The molecule has 2 heterocycles. The van der Waals surface area contributed by atoms with Gasteiger partial charge in [-0.05, 0) is 191 Å². The number of thioether (sulfide) groups is 1. The predicted molar refractivity (Wildman–Crippen MR) is 317 cm³/mol. The molecule has 0 N–H and O–H groups in total. The van der Waals surface area contributed by atoms with Gasteiger partial charge in [-0.15, -0.1) is 0 Å². The van der Waals surface area contributed by atoms with Gasteiger partial charge in [-0.2, -0.15) is 0 Å². The average Bonchev–Trinajstić information content (AvgIpc) is 3.48. The minimum atomic E-state index is 1.04. The Bertz CT molecular complexity index is 4310. The molecule has 0 amide bonds. The lowest BCUT2D eigenvalue weighted by atomic mass is 9.84. The van der Waals surface area contributed by atoms with E-state index in [9.17, 15) is 0 Å².